The predicted octanol–water partition coefficient (Wildman–Crippen LogP) is 5.06. The highest BCUT2D eigenvalue weighted by atomic mass is 15.2. The Morgan fingerprint density at radius 1 is 0.909 bits per heavy atom. The summed E-state index contributed by atoms with van der Waals surface area (Å²) in [6.07, 6.45) is 9.23. The van der Waals surface area contributed by atoms with Crippen LogP contribution in [0.25, 0.3) is 55.8 Å². The summed E-state index contributed by atoms with van der Waals surface area (Å²) in [6.45, 7) is 0. The second-order valence-corrected chi connectivity index (χ2v) is 8.71. The summed E-state index contributed by atoms with van der Waals surface area (Å²) in [5.74, 6) is 0. The summed E-state index contributed by atoms with van der Waals surface area (Å²) in [5, 5.41) is 13.1. The van der Waals surface area contributed by atoms with E-state index < -0.39 is 0 Å². The topological polar surface area (TPSA) is 88.1 Å². The van der Waals surface area contributed by atoms with Gasteiger partial charge in [-0.15, -0.1) is 0 Å². The van der Waals surface area contributed by atoms with Crippen LogP contribution in [-0.2, 0) is 19.9 Å². The molecule has 1 aromatic carbocycles. The Hall–Kier alpha value is -4.26. The van der Waals surface area contributed by atoms with Crippen molar-refractivity contribution in [1.29, 1.82) is 0 Å². The number of aromatic amines is 2. The number of aromatic nitrogens is 7. The number of nitrogens with zero attached hydrogens (tertiary/aromatic N) is 5. The first-order valence-electron chi connectivity index (χ1n) is 11.2. The number of H-pyrrole nitrogens is 2. The van der Waals surface area contributed by atoms with Crippen molar-refractivity contribution < 1.29 is 0 Å². The Bertz CT molecular complexity index is 1670. The molecule has 2 N–H and O–H groups in total. The van der Waals surface area contributed by atoms with Gasteiger partial charge in [-0.2, -0.15) is 10.2 Å². The van der Waals surface area contributed by atoms with Gasteiger partial charge < -0.3 is 4.98 Å². The molecule has 160 valence electrons. The van der Waals surface area contributed by atoms with Crippen molar-refractivity contribution >= 4 is 21.9 Å². The zero-order valence-electron chi connectivity index (χ0n) is 18.1. The van der Waals surface area contributed by atoms with Gasteiger partial charge >= 0.3 is 0 Å². The normalized spacial score (nSPS) is 13.2. The summed E-state index contributed by atoms with van der Waals surface area (Å²) in [7, 11) is 1.91. The summed E-state index contributed by atoms with van der Waals surface area (Å²) < 4.78 is 1.78. The third-order valence-electron chi connectivity index (χ3n) is 6.58. The summed E-state index contributed by atoms with van der Waals surface area (Å²) >= 11 is 0. The molecule has 7 nitrogen and oxygen atoms in total. The highest BCUT2D eigenvalue weighted by Gasteiger charge is 2.17. The molecule has 6 aromatic rings. The molecule has 33 heavy (non-hydrogen) atoms. The number of hydrogen-bond donors (Lipinski definition) is 2. The highest BCUT2D eigenvalue weighted by Crippen LogP contribution is 2.34. The SMILES string of the molecule is Cn1cc(-c2ccc3[nH]nc(-c4cc5c(-c6ccc7c(c6)CCC7)nccc5[nH]4)c3n2)cn1. The van der Waals surface area contributed by atoms with E-state index in [0.717, 1.165) is 62.3 Å². The van der Waals surface area contributed by atoms with E-state index in [9.17, 15) is 0 Å². The molecule has 7 heteroatoms. The Kier molecular flexibility index (Phi) is 3.81. The molecule has 0 radical (unpaired) electrons. The van der Waals surface area contributed by atoms with Gasteiger partial charge in [0.1, 0.15) is 11.2 Å². The van der Waals surface area contributed by atoms with Gasteiger partial charge in [-0.25, -0.2) is 4.98 Å². The van der Waals surface area contributed by atoms with Crippen LogP contribution in [0, 0.1) is 0 Å². The molecule has 0 spiro atoms. The summed E-state index contributed by atoms with van der Waals surface area (Å²) in [6, 6.07) is 14.9. The lowest BCUT2D eigenvalue weighted by Crippen LogP contribution is -1.88. The number of hydrogen-bond acceptors (Lipinski definition) is 4. The third kappa shape index (κ3) is 2.89. The average molecular weight is 432 g/mol. The zero-order chi connectivity index (χ0) is 21.9. The fourth-order valence-electron chi connectivity index (χ4n) is 4.93. The average Bonchev–Trinajstić information content (AvgIpc) is 3.62. The molecule has 0 saturated heterocycles. The second-order valence-electron chi connectivity index (χ2n) is 8.71. The van der Waals surface area contributed by atoms with Gasteiger partial charge in [0.2, 0.25) is 0 Å². The molecular formula is C26H21N7. The Labute approximate surface area is 189 Å². The Balaban J connectivity index is 1.37. The van der Waals surface area contributed by atoms with Crippen LogP contribution >= 0.6 is 0 Å². The standard InChI is InChI=1S/C26H21N7/c1-33-14-18(13-28-33)20-7-8-22-25(30-20)26(32-31-22)23-12-19-21(29-23)9-10-27-24(19)17-6-5-15-3-2-4-16(15)11-17/h5-14,29H,2-4H2,1H3,(H,31,32). The smallest absolute Gasteiger partial charge is 0.135 e. The first-order valence-corrected chi connectivity index (χ1v) is 11.2. The predicted molar refractivity (Wildman–Crippen MR) is 129 cm³/mol. The van der Waals surface area contributed by atoms with Crippen LogP contribution in [0.2, 0.25) is 0 Å². The van der Waals surface area contributed by atoms with Crippen LogP contribution in [0.1, 0.15) is 17.5 Å². The zero-order valence-corrected chi connectivity index (χ0v) is 18.1. The molecule has 5 heterocycles. The van der Waals surface area contributed by atoms with E-state index in [1.165, 1.54) is 24.0 Å². The van der Waals surface area contributed by atoms with Crippen molar-refractivity contribution in [3.8, 4) is 33.9 Å². The maximum atomic E-state index is 4.90. The fraction of sp³-hybridized carbons (Fsp3) is 0.154. The van der Waals surface area contributed by atoms with E-state index in [2.05, 4.69) is 44.5 Å². The fourth-order valence-corrected chi connectivity index (χ4v) is 4.93. The van der Waals surface area contributed by atoms with E-state index in [4.69, 9.17) is 9.97 Å². The lowest BCUT2D eigenvalue weighted by Gasteiger charge is -2.05. The molecule has 0 saturated carbocycles. The Morgan fingerprint density at radius 2 is 1.85 bits per heavy atom. The van der Waals surface area contributed by atoms with E-state index in [0.29, 0.717) is 0 Å². The maximum Gasteiger partial charge on any atom is 0.135 e. The number of fused-ring (bicyclic) bond motifs is 3. The van der Waals surface area contributed by atoms with Crippen molar-refractivity contribution in [3.63, 3.8) is 0 Å². The van der Waals surface area contributed by atoms with Gasteiger partial charge in [0, 0.05) is 41.5 Å². The van der Waals surface area contributed by atoms with Crippen molar-refractivity contribution in [2.75, 3.05) is 0 Å². The van der Waals surface area contributed by atoms with E-state index in [1.54, 1.807) is 4.68 Å². The summed E-state index contributed by atoms with van der Waals surface area (Å²) in [4.78, 5) is 13.2. The molecule has 0 aliphatic heterocycles. The quantitative estimate of drug-likeness (QED) is 0.410. The van der Waals surface area contributed by atoms with Crippen LogP contribution in [0.3, 0.4) is 0 Å². The lowest BCUT2D eigenvalue weighted by molar-refractivity contribution is 0.768. The van der Waals surface area contributed by atoms with Gasteiger partial charge in [0.05, 0.1) is 28.8 Å². The Morgan fingerprint density at radius 3 is 2.76 bits per heavy atom. The number of rotatable bonds is 3. The molecule has 5 aromatic heterocycles. The van der Waals surface area contributed by atoms with E-state index in [-0.39, 0.29) is 0 Å². The number of nitrogens with one attached hydrogen (secondary N) is 2. The van der Waals surface area contributed by atoms with Crippen molar-refractivity contribution in [1.82, 2.24) is 34.9 Å². The van der Waals surface area contributed by atoms with Crippen LogP contribution in [0.15, 0.2) is 61.1 Å². The van der Waals surface area contributed by atoms with Crippen LogP contribution in [-0.4, -0.2) is 34.9 Å². The van der Waals surface area contributed by atoms with Gasteiger partial charge in [0.25, 0.3) is 0 Å². The van der Waals surface area contributed by atoms with Crippen LogP contribution < -0.4 is 0 Å². The minimum atomic E-state index is 0.798. The molecule has 0 fully saturated rings. The van der Waals surface area contributed by atoms with Gasteiger partial charge in [-0.05, 0) is 60.7 Å². The number of benzene rings is 1. The van der Waals surface area contributed by atoms with Crippen LogP contribution in [0.5, 0.6) is 0 Å². The molecule has 0 unspecified atom stereocenters. The van der Waals surface area contributed by atoms with Gasteiger partial charge in [-0.3, -0.25) is 14.8 Å². The van der Waals surface area contributed by atoms with Crippen molar-refractivity contribution in [2.24, 2.45) is 7.05 Å². The molecule has 1 aliphatic rings. The van der Waals surface area contributed by atoms with Gasteiger partial charge in [-0.1, -0.05) is 12.1 Å². The van der Waals surface area contributed by atoms with E-state index in [1.807, 2.05) is 43.8 Å². The minimum Gasteiger partial charge on any atom is -0.353 e. The van der Waals surface area contributed by atoms with Crippen molar-refractivity contribution in [3.05, 3.63) is 72.2 Å². The summed E-state index contributed by atoms with van der Waals surface area (Å²) in [5.41, 5.74) is 11.4. The molecule has 1 aliphatic carbocycles. The first kappa shape index (κ1) is 18.3. The monoisotopic (exact) mass is 431 g/mol. The number of aryl methyl sites for hydroxylation is 3. The third-order valence-corrected chi connectivity index (χ3v) is 6.58. The van der Waals surface area contributed by atoms with Gasteiger partial charge in [0.15, 0.2) is 0 Å². The van der Waals surface area contributed by atoms with Crippen LogP contribution in [0.4, 0.5) is 0 Å². The second kappa shape index (κ2) is 6.87. The molecular weight excluding hydrogens is 410 g/mol. The minimum absolute atomic E-state index is 0.798. The highest BCUT2D eigenvalue weighted by molar-refractivity contribution is 5.99. The molecule has 0 bridgehead atoms. The first-order chi connectivity index (χ1) is 16.2. The largest absolute Gasteiger partial charge is 0.353 e. The maximum absolute atomic E-state index is 4.90. The van der Waals surface area contributed by atoms with E-state index >= 15 is 0 Å². The molecule has 0 atom stereocenters. The molecule has 0 amide bonds. The lowest BCUT2D eigenvalue weighted by atomic mass is 10.0. The number of pyridine rings is 2. The van der Waals surface area contributed by atoms with Crippen molar-refractivity contribution in [2.45, 2.75) is 19.3 Å². The molecule has 7 rings (SSSR count).